The summed E-state index contributed by atoms with van der Waals surface area (Å²) in [5, 5.41) is 3.18. The zero-order valence-corrected chi connectivity index (χ0v) is 14.2. The Labute approximate surface area is 140 Å². The number of hydrogen-bond acceptors (Lipinski definition) is 4. The van der Waals surface area contributed by atoms with Crippen LogP contribution in [0.4, 0.5) is 10.5 Å². The molecule has 3 rings (SSSR count). The van der Waals surface area contributed by atoms with Crippen molar-refractivity contribution in [3.8, 4) is 0 Å². The molecule has 2 heterocycles. The number of carbonyl (C=O) groups excluding carboxylic acids is 1. The average Bonchev–Trinajstić information content (AvgIpc) is 3.09. The molecule has 2 atom stereocenters. The van der Waals surface area contributed by atoms with Crippen molar-refractivity contribution < 1.29 is 22.8 Å². The molecule has 2 unspecified atom stereocenters. The van der Waals surface area contributed by atoms with Crippen LogP contribution in [0.25, 0.3) is 0 Å². The first-order chi connectivity index (χ1) is 10.9. The van der Waals surface area contributed by atoms with Gasteiger partial charge in [-0.15, -0.1) is 0 Å². The van der Waals surface area contributed by atoms with Crippen LogP contribution in [0.5, 0.6) is 0 Å². The first-order valence-corrected chi connectivity index (χ1v) is 9.91. The van der Waals surface area contributed by atoms with Crippen molar-refractivity contribution in [1.29, 1.82) is 0 Å². The molecule has 0 saturated carbocycles. The highest BCUT2D eigenvalue weighted by Gasteiger charge is 2.47. The molecule has 23 heavy (non-hydrogen) atoms. The molecule has 126 valence electrons. The van der Waals surface area contributed by atoms with E-state index in [-0.39, 0.29) is 17.5 Å². The predicted octanol–water partition coefficient (Wildman–Crippen LogP) is 0.733. The Morgan fingerprint density at radius 3 is 2.48 bits per heavy atom. The Kier molecular flexibility index (Phi) is 4.79. The molecule has 2 N–H and O–H groups in total. The molecule has 2 fully saturated rings. The summed E-state index contributed by atoms with van der Waals surface area (Å²) in [6, 6.07) is 6.50. The lowest BCUT2D eigenvalue weighted by molar-refractivity contribution is -0.913. The topological polar surface area (TPSA) is 76.9 Å². The minimum atomic E-state index is -3.15. The zero-order valence-electron chi connectivity index (χ0n) is 12.6. The van der Waals surface area contributed by atoms with Gasteiger partial charge in [0.1, 0.15) is 11.8 Å². The third-order valence-corrected chi connectivity index (χ3v) is 6.38. The summed E-state index contributed by atoms with van der Waals surface area (Å²) < 4.78 is 29.3. The number of rotatable bonds is 3. The normalized spacial score (nSPS) is 27.0. The standard InChI is InChI=1S/C15H19ClN2O4S/c16-11-3-5-12(6-4-11)17-15(19)22-14-10-23(20,21)9-13(14)18-7-1-2-8-18/h3-6,13-14H,1-2,7-10H2,(H,17,19)/p+1. The summed E-state index contributed by atoms with van der Waals surface area (Å²) in [6.45, 7) is 1.89. The number of amides is 1. The Balaban J connectivity index is 1.64. The van der Waals surface area contributed by atoms with Crippen molar-refractivity contribution in [3.05, 3.63) is 29.3 Å². The summed E-state index contributed by atoms with van der Waals surface area (Å²) in [5.74, 6) is 0.0103. The first-order valence-electron chi connectivity index (χ1n) is 7.71. The summed E-state index contributed by atoms with van der Waals surface area (Å²) in [4.78, 5) is 13.3. The second-order valence-electron chi connectivity index (χ2n) is 6.12. The zero-order chi connectivity index (χ0) is 16.4. The lowest BCUT2D eigenvalue weighted by Gasteiger charge is -2.24. The highest BCUT2D eigenvalue weighted by atomic mass is 35.5. The van der Waals surface area contributed by atoms with Gasteiger partial charge in [0.05, 0.1) is 18.8 Å². The monoisotopic (exact) mass is 359 g/mol. The van der Waals surface area contributed by atoms with Gasteiger partial charge in [-0.05, 0) is 24.3 Å². The quantitative estimate of drug-likeness (QED) is 0.834. The number of nitrogens with one attached hydrogen (secondary N) is 2. The smallest absolute Gasteiger partial charge is 0.412 e. The number of quaternary nitrogens is 1. The van der Waals surface area contributed by atoms with E-state index in [9.17, 15) is 13.2 Å². The van der Waals surface area contributed by atoms with Gasteiger partial charge in [0, 0.05) is 23.6 Å². The van der Waals surface area contributed by atoms with Crippen LogP contribution < -0.4 is 10.2 Å². The van der Waals surface area contributed by atoms with E-state index >= 15 is 0 Å². The van der Waals surface area contributed by atoms with E-state index in [0.29, 0.717) is 10.7 Å². The molecule has 1 aromatic carbocycles. The summed E-state index contributed by atoms with van der Waals surface area (Å²) in [7, 11) is -3.15. The van der Waals surface area contributed by atoms with Crippen molar-refractivity contribution in [2.45, 2.75) is 25.0 Å². The SMILES string of the molecule is O=C(Nc1ccc(Cl)cc1)OC1CS(=O)(=O)CC1[NH+]1CCCC1. The largest absolute Gasteiger partial charge is 0.439 e. The minimum Gasteiger partial charge on any atom is -0.439 e. The second kappa shape index (κ2) is 6.67. The number of carbonyl (C=O) groups is 1. The summed E-state index contributed by atoms with van der Waals surface area (Å²) in [6.07, 6.45) is 0.976. The molecule has 1 amide bonds. The number of benzene rings is 1. The van der Waals surface area contributed by atoms with E-state index in [1.54, 1.807) is 24.3 Å². The fourth-order valence-corrected chi connectivity index (χ4v) is 5.39. The van der Waals surface area contributed by atoms with Gasteiger partial charge < -0.3 is 9.64 Å². The van der Waals surface area contributed by atoms with Crippen LogP contribution >= 0.6 is 11.6 Å². The van der Waals surface area contributed by atoms with Crippen LogP contribution in [0.1, 0.15) is 12.8 Å². The van der Waals surface area contributed by atoms with E-state index in [1.807, 2.05) is 0 Å². The van der Waals surface area contributed by atoms with Crippen LogP contribution in [0.3, 0.4) is 0 Å². The molecule has 0 spiro atoms. The highest BCUT2D eigenvalue weighted by molar-refractivity contribution is 7.91. The Hall–Kier alpha value is -1.31. The fraction of sp³-hybridized carbons (Fsp3) is 0.533. The number of anilines is 1. The fourth-order valence-electron chi connectivity index (χ4n) is 3.33. The van der Waals surface area contributed by atoms with Crippen molar-refractivity contribution in [1.82, 2.24) is 0 Å². The van der Waals surface area contributed by atoms with E-state index in [4.69, 9.17) is 16.3 Å². The highest BCUT2D eigenvalue weighted by Crippen LogP contribution is 2.17. The molecule has 0 aromatic heterocycles. The molecule has 0 aliphatic carbocycles. The van der Waals surface area contributed by atoms with Gasteiger partial charge in [-0.1, -0.05) is 11.6 Å². The van der Waals surface area contributed by atoms with Crippen LogP contribution in [0.2, 0.25) is 5.02 Å². The lowest BCUT2D eigenvalue weighted by atomic mass is 10.2. The number of ether oxygens (including phenoxy) is 1. The van der Waals surface area contributed by atoms with Gasteiger partial charge in [0.2, 0.25) is 0 Å². The van der Waals surface area contributed by atoms with E-state index in [0.717, 1.165) is 25.9 Å². The van der Waals surface area contributed by atoms with Crippen LogP contribution in [-0.4, -0.2) is 51.3 Å². The minimum absolute atomic E-state index is 0.0881. The maximum Gasteiger partial charge on any atom is 0.412 e. The summed E-state index contributed by atoms with van der Waals surface area (Å²) >= 11 is 5.80. The maximum absolute atomic E-state index is 12.1. The molecule has 2 aliphatic rings. The van der Waals surface area contributed by atoms with E-state index in [2.05, 4.69) is 5.32 Å². The molecular weight excluding hydrogens is 340 g/mol. The Bertz CT molecular complexity index is 671. The third-order valence-electron chi connectivity index (χ3n) is 4.42. The van der Waals surface area contributed by atoms with Crippen LogP contribution in [0, 0.1) is 0 Å². The number of hydrogen-bond donors (Lipinski definition) is 2. The van der Waals surface area contributed by atoms with Gasteiger partial charge in [0.15, 0.2) is 15.9 Å². The van der Waals surface area contributed by atoms with E-state index in [1.165, 1.54) is 4.90 Å². The van der Waals surface area contributed by atoms with Crippen molar-refractivity contribution in [3.63, 3.8) is 0 Å². The molecule has 0 bridgehead atoms. The molecule has 0 radical (unpaired) electrons. The van der Waals surface area contributed by atoms with Gasteiger partial charge >= 0.3 is 6.09 Å². The maximum atomic E-state index is 12.1. The Morgan fingerprint density at radius 1 is 1.17 bits per heavy atom. The van der Waals surface area contributed by atoms with Gasteiger partial charge in [-0.25, -0.2) is 13.2 Å². The van der Waals surface area contributed by atoms with Gasteiger partial charge in [-0.3, -0.25) is 5.32 Å². The lowest BCUT2D eigenvalue weighted by Crippen LogP contribution is -3.15. The second-order valence-corrected chi connectivity index (χ2v) is 8.71. The van der Waals surface area contributed by atoms with E-state index < -0.39 is 22.0 Å². The van der Waals surface area contributed by atoms with Crippen LogP contribution in [-0.2, 0) is 14.6 Å². The molecule has 8 heteroatoms. The molecular formula is C15H20ClN2O4S+. The van der Waals surface area contributed by atoms with Crippen molar-refractivity contribution >= 4 is 33.2 Å². The predicted molar refractivity (Wildman–Crippen MR) is 87.7 cm³/mol. The Morgan fingerprint density at radius 2 is 1.83 bits per heavy atom. The summed E-state index contributed by atoms with van der Waals surface area (Å²) in [5.41, 5.74) is 0.560. The molecule has 2 saturated heterocycles. The first kappa shape index (κ1) is 16.5. The van der Waals surface area contributed by atoms with Gasteiger partial charge in [0.25, 0.3) is 0 Å². The molecule has 2 aliphatic heterocycles. The van der Waals surface area contributed by atoms with Crippen molar-refractivity contribution in [2.75, 3.05) is 29.9 Å². The number of halogens is 1. The van der Waals surface area contributed by atoms with Crippen LogP contribution in [0.15, 0.2) is 24.3 Å². The number of likely N-dealkylation sites (tertiary alicyclic amines) is 1. The number of sulfone groups is 1. The van der Waals surface area contributed by atoms with Gasteiger partial charge in [-0.2, -0.15) is 0 Å². The van der Waals surface area contributed by atoms with Crippen molar-refractivity contribution in [2.24, 2.45) is 0 Å². The third kappa shape index (κ3) is 4.16. The molecule has 1 aromatic rings. The molecule has 6 nitrogen and oxygen atoms in total. The average molecular weight is 360 g/mol.